The van der Waals surface area contributed by atoms with E-state index in [2.05, 4.69) is 15.0 Å². The molecule has 1 saturated heterocycles. The van der Waals surface area contributed by atoms with Gasteiger partial charge in [-0.05, 0) is 42.3 Å². The Balaban J connectivity index is 1.82. The number of carbonyl (C=O) groups is 1. The molecule has 0 spiro atoms. The molecule has 0 aliphatic carbocycles. The number of anilines is 3. The normalized spacial score (nSPS) is 15.5. The van der Waals surface area contributed by atoms with E-state index in [1.54, 1.807) is 18.2 Å². The van der Waals surface area contributed by atoms with Crippen molar-refractivity contribution < 1.29 is 37.7 Å². The van der Waals surface area contributed by atoms with Crippen LogP contribution in [0.4, 0.5) is 21.8 Å². The highest BCUT2D eigenvalue weighted by Crippen LogP contribution is 2.34. The van der Waals surface area contributed by atoms with Crippen LogP contribution >= 0.6 is 0 Å². The number of aliphatic hydroxyl groups excluding tert-OH is 2. The van der Waals surface area contributed by atoms with Crippen LogP contribution in [0.15, 0.2) is 48.7 Å². The van der Waals surface area contributed by atoms with Crippen LogP contribution in [0, 0.1) is 5.82 Å². The third-order valence-electron chi connectivity index (χ3n) is 6.85. The Labute approximate surface area is 255 Å². The van der Waals surface area contributed by atoms with Crippen LogP contribution in [0.2, 0.25) is 0 Å². The average Bonchev–Trinajstić information content (AvgIpc) is 2.96. The molecule has 236 valence electrons. The highest BCUT2D eigenvalue weighted by atomic mass is 32.2. The lowest BCUT2D eigenvalue weighted by Gasteiger charge is -2.28. The zero-order valence-electron chi connectivity index (χ0n) is 24.7. The van der Waals surface area contributed by atoms with E-state index < -0.39 is 40.4 Å². The third kappa shape index (κ3) is 8.34. The number of aromatic nitrogens is 3. The van der Waals surface area contributed by atoms with E-state index in [0.29, 0.717) is 48.9 Å². The van der Waals surface area contributed by atoms with Crippen molar-refractivity contribution in [1.29, 1.82) is 0 Å². The molecule has 0 amide bonds. The summed E-state index contributed by atoms with van der Waals surface area (Å²) in [6, 6.07) is 8.85. The second-order valence-electron chi connectivity index (χ2n) is 10.7. The summed E-state index contributed by atoms with van der Waals surface area (Å²) < 4.78 is 46.7. The standard InChI is InChI=1S/C30H36FN5O7S/c1-19(2)28-25(10-9-23(37)16-24(38)17-27(39)40)29(20-4-6-21(31)7-5-20)34-30(33-28)36(44(3,41)42)22-8-11-26(32-18-22)35-12-14-43-15-13-35/h4-11,18-19,23-24,37-38H,12-17H2,1-3H3,(H,39,40)/b10-9+/t23-,24-/m1/s1. The van der Waals surface area contributed by atoms with E-state index in [9.17, 15) is 27.8 Å². The van der Waals surface area contributed by atoms with Gasteiger partial charge in [0.25, 0.3) is 0 Å². The van der Waals surface area contributed by atoms with Gasteiger partial charge in [-0.3, -0.25) is 4.79 Å². The minimum atomic E-state index is -3.98. The number of morpholine rings is 1. The molecule has 0 saturated carbocycles. The second-order valence-corrected chi connectivity index (χ2v) is 12.6. The molecule has 3 aromatic rings. The van der Waals surface area contributed by atoms with E-state index in [1.165, 1.54) is 36.5 Å². The molecule has 3 heterocycles. The molecule has 14 heteroatoms. The lowest BCUT2D eigenvalue weighted by Crippen LogP contribution is -2.36. The van der Waals surface area contributed by atoms with Crippen molar-refractivity contribution in [1.82, 2.24) is 15.0 Å². The fourth-order valence-corrected chi connectivity index (χ4v) is 5.65. The second kappa shape index (κ2) is 14.2. The monoisotopic (exact) mass is 629 g/mol. The molecule has 1 aromatic carbocycles. The van der Waals surface area contributed by atoms with E-state index >= 15 is 0 Å². The number of hydrogen-bond donors (Lipinski definition) is 3. The predicted molar refractivity (Wildman–Crippen MR) is 164 cm³/mol. The van der Waals surface area contributed by atoms with Crippen molar-refractivity contribution >= 4 is 39.5 Å². The van der Waals surface area contributed by atoms with Crippen molar-refractivity contribution in [3.63, 3.8) is 0 Å². The Morgan fingerprint density at radius 1 is 1.11 bits per heavy atom. The minimum absolute atomic E-state index is 0.147. The van der Waals surface area contributed by atoms with Gasteiger partial charge in [-0.25, -0.2) is 32.1 Å². The minimum Gasteiger partial charge on any atom is -0.481 e. The summed E-state index contributed by atoms with van der Waals surface area (Å²) in [5.41, 5.74) is 1.84. The molecule has 1 aliphatic rings. The molecule has 12 nitrogen and oxygen atoms in total. The Hall–Kier alpha value is -3.98. The van der Waals surface area contributed by atoms with Gasteiger partial charge < -0.3 is 25.0 Å². The average molecular weight is 630 g/mol. The molecule has 1 fully saturated rings. The van der Waals surface area contributed by atoms with Crippen molar-refractivity contribution in [3.8, 4) is 11.3 Å². The SMILES string of the molecule is CC(C)c1nc(N(c2ccc(N3CCOCC3)nc2)S(C)(=O)=O)nc(-c2ccc(F)cc2)c1/C=C/[C@@H](O)C[C@@H](O)CC(=O)O. The van der Waals surface area contributed by atoms with Crippen LogP contribution in [0.1, 0.15) is 43.9 Å². The Kier molecular flexibility index (Phi) is 10.6. The summed E-state index contributed by atoms with van der Waals surface area (Å²) in [4.78, 5) is 26.7. The fraction of sp³-hybridized carbons (Fsp3) is 0.400. The first kappa shape index (κ1) is 32.9. The Morgan fingerprint density at radius 2 is 1.80 bits per heavy atom. The topological polar surface area (TPSA) is 166 Å². The van der Waals surface area contributed by atoms with Crippen LogP contribution < -0.4 is 9.21 Å². The summed E-state index contributed by atoms with van der Waals surface area (Å²) in [5.74, 6) is -1.40. The van der Waals surface area contributed by atoms with Gasteiger partial charge in [0, 0.05) is 30.6 Å². The summed E-state index contributed by atoms with van der Waals surface area (Å²) in [5, 5.41) is 29.4. The van der Waals surface area contributed by atoms with Crippen LogP contribution in [-0.2, 0) is 19.6 Å². The van der Waals surface area contributed by atoms with Gasteiger partial charge in [0.1, 0.15) is 11.6 Å². The molecule has 1 aliphatic heterocycles. The maximum absolute atomic E-state index is 13.9. The van der Waals surface area contributed by atoms with Gasteiger partial charge in [-0.15, -0.1) is 0 Å². The first-order chi connectivity index (χ1) is 20.8. The molecule has 2 aromatic heterocycles. The summed E-state index contributed by atoms with van der Waals surface area (Å²) in [7, 11) is -3.98. The van der Waals surface area contributed by atoms with Gasteiger partial charge in [0.05, 0.1) is 61.4 Å². The van der Waals surface area contributed by atoms with E-state index in [4.69, 9.17) is 9.84 Å². The highest BCUT2D eigenvalue weighted by Gasteiger charge is 2.27. The molecule has 3 N–H and O–H groups in total. The number of rotatable bonds is 12. The first-order valence-corrected chi connectivity index (χ1v) is 15.9. The van der Waals surface area contributed by atoms with E-state index in [1.807, 2.05) is 18.7 Å². The molecule has 0 unspecified atom stereocenters. The molecular weight excluding hydrogens is 593 g/mol. The highest BCUT2D eigenvalue weighted by molar-refractivity contribution is 7.92. The Morgan fingerprint density at radius 3 is 2.36 bits per heavy atom. The molecule has 0 bridgehead atoms. The molecule has 4 rings (SSSR count). The number of pyridine rings is 1. The van der Waals surface area contributed by atoms with Crippen molar-refractivity contribution in [2.75, 3.05) is 41.8 Å². The third-order valence-corrected chi connectivity index (χ3v) is 7.89. The number of carboxylic acids is 1. The van der Waals surface area contributed by atoms with Crippen LogP contribution in [0.3, 0.4) is 0 Å². The van der Waals surface area contributed by atoms with Gasteiger partial charge >= 0.3 is 5.97 Å². The number of ether oxygens (including phenoxy) is 1. The maximum atomic E-state index is 13.9. The molecule has 0 radical (unpaired) electrons. The van der Waals surface area contributed by atoms with Gasteiger partial charge in [-0.1, -0.05) is 26.0 Å². The molecule has 44 heavy (non-hydrogen) atoms. The molecule has 2 atom stereocenters. The van der Waals surface area contributed by atoms with Gasteiger partial charge in [0.15, 0.2) is 0 Å². The van der Waals surface area contributed by atoms with Crippen molar-refractivity contribution in [2.45, 2.75) is 44.8 Å². The number of nitrogens with zero attached hydrogens (tertiary/aromatic N) is 5. The zero-order chi connectivity index (χ0) is 32.0. The number of sulfonamides is 1. The molecular formula is C30H36FN5O7S. The van der Waals surface area contributed by atoms with Crippen LogP contribution in [0.5, 0.6) is 0 Å². The van der Waals surface area contributed by atoms with Crippen molar-refractivity contribution in [2.24, 2.45) is 0 Å². The first-order valence-electron chi connectivity index (χ1n) is 14.1. The number of hydrogen-bond acceptors (Lipinski definition) is 10. The van der Waals surface area contributed by atoms with E-state index in [0.717, 1.165) is 10.6 Å². The lowest BCUT2D eigenvalue weighted by atomic mass is 9.97. The summed E-state index contributed by atoms with van der Waals surface area (Å²) >= 11 is 0. The quantitative estimate of drug-likeness (QED) is 0.269. The van der Waals surface area contributed by atoms with E-state index in [-0.39, 0.29) is 29.7 Å². The smallest absolute Gasteiger partial charge is 0.305 e. The van der Waals surface area contributed by atoms with Gasteiger partial charge in [-0.2, -0.15) is 0 Å². The number of benzene rings is 1. The number of halogens is 1. The van der Waals surface area contributed by atoms with Crippen LogP contribution in [-0.4, -0.2) is 89.4 Å². The predicted octanol–water partition coefficient (Wildman–Crippen LogP) is 3.34. The number of aliphatic carboxylic acids is 1. The lowest BCUT2D eigenvalue weighted by molar-refractivity contribution is -0.139. The number of carboxylic acid groups (broad SMARTS) is 1. The maximum Gasteiger partial charge on any atom is 0.305 e. The Bertz CT molecular complexity index is 1580. The largest absolute Gasteiger partial charge is 0.481 e. The van der Waals surface area contributed by atoms with Gasteiger partial charge in [0.2, 0.25) is 16.0 Å². The van der Waals surface area contributed by atoms with Crippen LogP contribution in [0.25, 0.3) is 17.3 Å². The van der Waals surface area contributed by atoms with Crippen molar-refractivity contribution in [3.05, 3.63) is 65.7 Å². The fourth-order valence-electron chi connectivity index (χ4n) is 4.78. The summed E-state index contributed by atoms with van der Waals surface area (Å²) in [6.45, 7) is 6.16. The zero-order valence-corrected chi connectivity index (χ0v) is 25.5. The summed E-state index contributed by atoms with van der Waals surface area (Å²) in [6.07, 6.45) is 2.18. The number of aliphatic hydroxyl groups is 2.